The summed E-state index contributed by atoms with van der Waals surface area (Å²) in [5.41, 5.74) is 3.53. The number of ketones is 1. The number of aliphatic hydroxyl groups is 1. The number of aliphatic hydroxyl groups excluding tert-OH is 1. The molecule has 1 fully saturated rings. The summed E-state index contributed by atoms with van der Waals surface area (Å²) in [7, 11) is -3.26. The monoisotopic (exact) mass is 661 g/mol. The van der Waals surface area contributed by atoms with E-state index in [1.807, 2.05) is 30.3 Å². The Balaban J connectivity index is 1.40. The van der Waals surface area contributed by atoms with Gasteiger partial charge in [0.1, 0.15) is 17.5 Å². The van der Waals surface area contributed by atoms with Crippen LogP contribution in [0.5, 0.6) is 11.5 Å². The maximum absolute atomic E-state index is 13.6. The Labute approximate surface area is 281 Å². The van der Waals surface area contributed by atoms with Crippen LogP contribution >= 0.6 is 0 Å². The van der Waals surface area contributed by atoms with E-state index in [1.165, 1.54) is 24.0 Å². The van der Waals surface area contributed by atoms with Gasteiger partial charge in [-0.25, -0.2) is 8.42 Å². The zero-order valence-electron chi connectivity index (χ0n) is 27.8. The molecular formula is C39H51NO6S. The lowest BCUT2D eigenvalue weighted by molar-refractivity contribution is -0.131. The number of hydrogen-bond acceptors (Lipinski definition) is 6. The summed E-state index contributed by atoms with van der Waals surface area (Å²) in [6.45, 7) is 3.84. The zero-order chi connectivity index (χ0) is 33.6. The van der Waals surface area contributed by atoms with Gasteiger partial charge in [0.2, 0.25) is 5.91 Å². The van der Waals surface area contributed by atoms with E-state index in [9.17, 15) is 23.1 Å². The molecule has 1 heterocycles. The summed E-state index contributed by atoms with van der Waals surface area (Å²) in [5.74, 6) is 1.00. The number of hydrogen-bond donors (Lipinski definition) is 2. The number of carbonyl (C=O) groups excluding carboxylic acids is 2. The van der Waals surface area contributed by atoms with E-state index in [0.29, 0.717) is 17.9 Å². The fourth-order valence-electron chi connectivity index (χ4n) is 6.54. The minimum absolute atomic E-state index is 0.0440. The lowest BCUT2D eigenvalue weighted by Crippen LogP contribution is -2.51. The molecular weight excluding hydrogens is 610 g/mol. The van der Waals surface area contributed by atoms with Crippen molar-refractivity contribution in [2.24, 2.45) is 5.92 Å². The molecule has 0 bridgehead atoms. The first-order valence-corrected chi connectivity index (χ1v) is 19.1. The van der Waals surface area contributed by atoms with E-state index < -0.39 is 22.0 Å². The van der Waals surface area contributed by atoms with Crippen LogP contribution in [0.1, 0.15) is 95.5 Å². The number of sulfone groups is 1. The molecule has 2 aromatic carbocycles. The first kappa shape index (κ1) is 36.3. The van der Waals surface area contributed by atoms with Crippen LogP contribution in [0.4, 0.5) is 0 Å². The Bertz CT molecular complexity index is 1500. The van der Waals surface area contributed by atoms with Crippen LogP contribution in [-0.2, 0) is 25.8 Å². The molecule has 2 aliphatic rings. The van der Waals surface area contributed by atoms with E-state index >= 15 is 0 Å². The van der Waals surface area contributed by atoms with Crippen LogP contribution in [0.2, 0.25) is 0 Å². The highest BCUT2D eigenvalue weighted by molar-refractivity contribution is 7.90. The van der Waals surface area contributed by atoms with Crippen LogP contribution in [0.3, 0.4) is 0 Å². The maximum atomic E-state index is 13.6. The number of ether oxygens (including phenoxy) is 1. The molecule has 1 saturated carbocycles. The number of rotatable bonds is 12. The smallest absolute Gasteiger partial charge is 0.220 e. The van der Waals surface area contributed by atoms with Crippen LogP contribution in [0.15, 0.2) is 89.4 Å². The van der Waals surface area contributed by atoms with E-state index in [4.69, 9.17) is 4.74 Å². The molecule has 0 aromatic heterocycles. The fourth-order valence-corrected chi connectivity index (χ4v) is 7.17. The summed E-state index contributed by atoms with van der Waals surface area (Å²) in [4.78, 5) is 26.9. The van der Waals surface area contributed by atoms with Crippen molar-refractivity contribution < 1.29 is 27.9 Å². The second-order valence-electron chi connectivity index (χ2n) is 13.0. The standard InChI is InChI=1S/C39H51NO6S/c1-3-4-6-11-31-14-9-12-29(13-10-17-37(42)40-38(36(41)28-31)39(43)32-15-7-5-8-16-32)18-19-30-20-22-33(23-21-30)46-34-24-26-35(27-25-34)47(2,44)45/h3,13-14,20-27,32,38-39,43H,1,4-12,15-19,28H2,2H3,(H,40,42)/b29-13+,31-14+/t38-,39+/m0/s1. The van der Waals surface area contributed by atoms with Gasteiger partial charge in [-0.05, 0) is 112 Å². The van der Waals surface area contributed by atoms with Crippen LogP contribution in [0.25, 0.3) is 0 Å². The summed E-state index contributed by atoms with van der Waals surface area (Å²) in [6, 6.07) is 13.4. The molecule has 1 aliphatic heterocycles. The number of Topliss-reactive ketones (excluding diaryl/α,β-unsaturated/α-hetero) is 1. The van der Waals surface area contributed by atoms with Crippen molar-refractivity contribution in [1.82, 2.24) is 5.32 Å². The lowest BCUT2D eigenvalue weighted by atomic mass is 9.81. The number of aryl methyl sites for hydroxylation is 1. The molecule has 1 aliphatic carbocycles. The number of nitrogens with one attached hydrogen (secondary N) is 1. The van der Waals surface area contributed by atoms with Crippen molar-refractivity contribution in [1.29, 1.82) is 0 Å². The summed E-state index contributed by atoms with van der Waals surface area (Å²) in [5, 5.41) is 14.2. The maximum Gasteiger partial charge on any atom is 0.220 e. The van der Waals surface area contributed by atoms with Crippen LogP contribution in [-0.4, -0.2) is 43.6 Å². The van der Waals surface area contributed by atoms with Gasteiger partial charge in [0.15, 0.2) is 15.6 Å². The molecule has 0 radical (unpaired) electrons. The first-order chi connectivity index (χ1) is 22.6. The predicted molar refractivity (Wildman–Crippen MR) is 187 cm³/mol. The Morgan fingerprint density at radius 2 is 1.53 bits per heavy atom. The van der Waals surface area contributed by atoms with Gasteiger partial charge >= 0.3 is 0 Å². The highest BCUT2D eigenvalue weighted by atomic mass is 32.2. The van der Waals surface area contributed by atoms with Gasteiger partial charge in [-0.15, -0.1) is 6.58 Å². The van der Waals surface area contributed by atoms with Gasteiger partial charge in [0.25, 0.3) is 0 Å². The largest absolute Gasteiger partial charge is 0.457 e. The third-order valence-corrected chi connectivity index (χ3v) is 10.4. The average molecular weight is 662 g/mol. The number of unbranched alkanes of at least 4 members (excludes halogenated alkanes) is 1. The highest BCUT2D eigenvalue weighted by Gasteiger charge is 2.34. The van der Waals surface area contributed by atoms with Crippen molar-refractivity contribution >= 4 is 21.5 Å². The summed E-state index contributed by atoms with van der Waals surface area (Å²) in [6.07, 6.45) is 18.7. The van der Waals surface area contributed by atoms with E-state index in [1.54, 1.807) is 12.1 Å². The normalized spacial score (nSPS) is 21.9. The van der Waals surface area contributed by atoms with Crippen molar-refractivity contribution in [3.05, 3.63) is 90.0 Å². The molecule has 0 spiro atoms. The second-order valence-corrected chi connectivity index (χ2v) is 15.1. The molecule has 7 nitrogen and oxygen atoms in total. The third-order valence-electron chi connectivity index (χ3n) is 9.29. The van der Waals surface area contributed by atoms with Gasteiger partial charge in [-0.2, -0.15) is 0 Å². The van der Waals surface area contributed by atoms with Crippen molar-refractivity contribution in [3.8, 4) is 11.5 Å². The Kier molecular flexibility index (Phi) is 14.0. The van der Waals surface area contributed by atoms with Gasteiger partial charge in [-0.3, -0.25) is 9.59 Å². The summed E-state index contributed by atoms with van der Waals surface area (Å²) >= 11 is 0. The lowest BCUT2D eigenvalue weighted by Gasteiger charge is -2.32. The van der Waals surface area contributed by atoms with E-state index in [0.717, 1.165) is 88.2 Å². The Morgan fingerprint density at radius 1 is 0.894 bits per heavy atom. The molecule has 0 saturated heterocycles. The first-order valence-electron chi connectivity index (χ1n) is 17.2. The van der Waals surface area contributed by atoms with Gasteiger partial charge in [0, 0.05) is 19.1 Å². The second kappa shape index (κ2) is 18.2. The summed E-state index contributed by atoms with van der Waals surface area (Å²) < 4.78 is 29.3. The van der Waals surface area contributed by atoms with Gasteiger partial charge < -0.3 is 15.2 Å². The van der Waals surface area contributed by atoms with E-state index in [-0.39, 0.29) is 35.3 Å². The number of benzene rings is 2. The molecule has 2 aromatic rings. The van der Waals surface area contributed by atoms with E-state index in [2.05, 4.69) is 24.0 Å². The number of allylic oxidation sites excluding steroid dienone is 5. The third kappa shape index (κ3) is 11.9. The minimum atomic E-state index is -3.26. The van der Waals surface area contributed by atoms with Crippen LogP contribution < -0.4 is 10.1 Å². The van der Waals surface area contributed by atoms with Crippen molar-refractivity contribution in [3.63, 3.8) is 0 Å². The highest BCUT2D eigenvalue weighted by Crippen LogP contribution is 2.30. The SMILES string of the molecule is C=CCCC/C1=C\CC/C(CCc2ccc(Oc3ccc(S(C)(=O)=O)cc3)cc2)=C\CCC(=O)N[C@H]([C@H](O)C2CCCCC2)C(=O)C1. The number of amides is 1. The zero-order valence-corrected chi connectivity index (χ0v) is 28.6. The van der Waals surface area contributed by atoms with Gasteiger partial charge in [0.05, 0.1) is 11.0 Å². The Hall–Kier alpha value is -3.49. The van der Waals surface area contributed by atoms with Crippen molar-refractivity contribution in [2.45, 2.75) is 113 Å². The van der Waals surface area contributed by atoms with Gasteiger partial charge in [-0.1, -0.05) is 60.8 Å². The molecule has 47 heavy (non-hydrogen) atoms. The quantitative estimate of drug-likeness (QED) is 0.176. The van der Waals surface area contributed by atoms with Crippen molar-refractivity contribution in [2.75, 3.05) is 6.26 Å². The van der Waals surface area contributed by atoms with Crippen LogP contribution in [0, 0.1) is 5.92 Å². The molecule has 8 heteroatoms. The fraction of sp³-hybridized carbons (Fsp3) is 0.487. The minimum Gasteiger partial charge on any atom is -0.457 e. The molecule has 1 amide bonds. The molecule has 0 unspecified atom stereocenters. The molecule has 254 valence electrons. The molecule has 2 N–H and O–H groups in total. The Morgan fingerprint density at radius 3 is 2.19 bits per heavy atom. The molecule has 2 atom stereocenters. The average Bonchev–Trinajstić information content (AvgIpc) is 3.07. The number of carbonyl (C=O) groups is 2. The molecule has 4 rings (SSSR count). The topological polar surface area (TPSA) is 110 Å². The predicted octanol–water partition coefficient (Wildman–Crippen LogP) is 7.98.